The third-order valence-corrected chi connectivity index (χ3v) is 1.92. The summed E-state index contributed by atoms with van der Waals surface area (Å²) in [6.45, 7) is 3.88. The molecule has 0 radical (unpaired) electrons. The number of ether oxygens (including phenoxy) is 2. The van der Waals surface area contributed by atoms with E-state index in [-0.39, 0.29) is 13.2 Å². The van der Waals surface area contributed by atoms with Gasteiger partial charge in [0.15, 0.2) is 0 Å². The van der Waals surface area contributed by atoms with Crippen molar-refractivity contribution in [2.75, 3.05) is 13.2 Å². The summed E-state index contributed by atoms with van der Waals surface area (Å²) in [5.41, 5.74) is 0. The predicted molar refractivity (Wildman–Crippen MR) is 42.0 cm³/mol. The van der Waals surface area contributed by atoms with Gasteiger partial charge in [0.2, 0.25) is 0 Å². The fourth-order valence-corrected chi connectivity index (χ4v) is 1.36. The summed E-state index contributed by atoms with van der Waals surface area (Å²) in [6, 6.07) is -1.27. The van der Waals surface area contributed by atoms with E-state index in [1.807, 2.05) is 0 Å². The maximum atomic E-state index is 8.74. The van der Waals surface area contributed by atoms with Crippen LogP contribution in [-0.2, 0) is 9.47 Å². The normalized spacial score (nSPS) is 14.0. The summed E-state index contributed by atoms with van der Waals surface area (Å²) in [7, 11) is -4.27. The summed E-state index contributed by atoms with van der Waals surface area (Å²) in [6.07, 6.45) is 0. The van der Waals surface area contributed by atoms with Crippen molar-refractivity contribution in [2.45, 2.75) is 19.9 Å². The van der Waals surface area contributed by atoms with Gasteiger partial charge in [-0.25, -0.2) is 0 Å². The minimum absolute atomic E-state index is 0.265. The molecule has 0 aromatic rings. The summed E-state index contributed by atoms with van der Waals surface area (Å²) >= 11 is 0. The van der Waals surface area contributed by atoms with E-state index >= 15 is 0 Å². The van der Waals surface area contributed by atoms with Crippen molar-refractivity contribution in [1.29, 1.82) is 0 Å². The van der Waals surface area contributed by atoms with Crippen LogP contribution < -0.4 is 0 Å². The second-order valence-corrected chi connectivity index (χ2v) is 3.78. The molecule has 0 aromatic carbocycles. The Bertz CT molecular complexity index is 95.5. The van der Waals surface area contributed by atoms with Gasteiger partial charge in [-0.3, -0.25) is 0 Å². The molecule has 6 heteroatoms. The van der Waals surface area contributed by atoms with Gasteiger partial charge in [0.05, 0.1) is 0 Å². The monoisotopic (exact) mass is 186 g/mol. The first-order valence-corrected chi connectivity index (χ1v) is 5.34. The molecule has 0 aliphatic heterocycles. The van der Waals surface area contributed by atoms with Crippen LogP contribution in [0.5, 0.6) is 0 Å². The Hall–Kier alpha value is 0.230. The maximum absolute atomic E-state index is 8.74. The second kappa shape index (κ2) is 4.98. The van der Waals surface area contributed by atoms with E-state index in [9.17, 15) is 0 Å². The quantitative estimate of drug-likeness (QED) is 0.410. The molecule has 0 aliphatic rings. The third kappa shape index (κ3) is 4.63. The summed E-state index contributed by atoms with van der Waals surface area (Å²) in [5, 5.41) is 0. The van der Waals surface area contributed by atoms with Gasteiger partial charge in [0, 0.05) is 0 Å². The minimum atomic E-state index is -4.27. The molecule has 0 rings (SSSR count). The topological polar surface area (TPSA) is 79.2 Å². The molecule has 3 N–H and O–H groups in total. The van der Waals surface area contributed by atoms with Gasteiger partial charge >= 0.3 is 65.2 Å². The summed E-state index contributed by atoms with van der Waals surface area (Å²) in [5.74, 6) is 0. The Kier molecular flexibility index (Phi) is 5.08. The Balaban J connectivity index is 3.88. The van der Waals surface area contributed by atoms with Crippen LogP contribution in [-0.4, -0.2) is 33.9 Å². The van der Waals surface area contributed by atoms with Crippen LogP contribution in [0.4, 0.5) is 0 Å². The Morgan fingerprint density at radius 2 is 1.45 bits per heavy atom. The molecule has 0 heterocycles. The summed E-state index contributed by atoms with van der Waals surface area (Å²) < 4.78 is 9.47. The van der Waals surface area contributed by atoms with Gasteiger partial charge in [-0.2, -0.15) is 0 Å². The molecule has 0 saturated heterocycles. The first kappa shape index (κ1) is 11.2. The van der Waals surface area contributed by atoms with E-state index in [4.69, 9.17) is 24.2 Å². The van der Waals surface area contributed by atoms with Gasteiger partial charge in [-0.05, 0) is 0 Å². The van der Waals surface area contributed by atoms with Crippen LogP contribution in [0.1, 0.15) is 13.8 Å². The number of rotatable bonds is 5. The van der Waals surface area contributed by atoms with Crippen molar-refractivity contribution in [1.82, 2.24) is 0 Å². The average Bonchev–Trinajstić information content (AvgIpc) is 1.85. The van der Waals surface area contributed by atoms with E-state index in [0.29, 0.717) is 0 Å². The van der Waals surface area contributed by atoms with Crippen molar-refractivity contribution in [2.24, 2.45) is 0 Å². The van der Waals surface area contributed by atoms with E-state index in [2.05, 4.69) is 0 Å². The molecule has 0 amide bonds. The first-order valence-electron chi connectivity index (χ1n) is 3.42. The van der Waals surface area contributed by atoms with Crippen molar-refractivity contribution < 1.29 is 24.2 Å². The molecule has 0 aromatic heterocycles. The summed E-state index contributed by atoms with van der Waals surface area (Å²) in [4.78, 5) is 26.2. The Morgan fingerprint density at radius 1 is 1.09 bits per heavy atom. The standard InChI is InChI=1S/C5H15O5P/c1-3-9-5(10-4-2)11(6,7)8/h5-8,11H,3-4H2,1-2H3. The third-order valence-electron chi connectivity index (χ3n) is 0.952. The molecule has 0 fully saturated rings. The molecule has 5 nitrogen and oxygen atoms in total. The first-order chi connectivity index (χ1) is 5.02. The molecule has 0 spiro atoms. The van der Waals surface area contributed by atoms with Crippen LogP contribution in [0.15, 0.2) is 0 Å². The average molecular weight is 186 g/mol. The predicted octanol–water partition coefficient (Wildman–Crippen LogP) is -0.185. The SMILES string of the molecule is CCOC(OCC)[PH](O)(O)O. The van der Waals surface area contributed by atoms with Crippen molar-refractivity contribution in [3.05, 3.63) is 0 Å². The van der Waals surface area contributed by atoms with E-state index in [0.717, 1.165) is 0 Å². The zero-order valence-electron chi connectivity index (χ0n) is 6.65. The van der Waals surface area contributed by atoms with Gasteiger partial charge < -0.3 is 0 Å². The Labute approximate surface area is 66.2 Å². The number of hydrogen-bond donors (Lipinski definition) is 3. The molecule has 0 atom stereocenters. The van der Waals surface area contributed by atoms with E-state index in [1.54, 1.807) is 13.8 Å². The van der Waals surface area contributed by atoms with Gasteiger partial charge in [0.25, 0.3) is 0 Å². The second-order valence-electron chi connectivity index (χ2n) is 1.93. The zero-order valence-corrected chi connectivity index (χ0v) is 7.65. The van der Waals surface area contributed by atoms with E-state index in [1.165, 1.54) is 0 Å². The Morgan fingerprint density at radius 3 is 1.64 bits per heavy atom. The van der Waals surface area contributed by atoms with Crippen LogP contribution in [0.25, 0.3) is 0 Å². The van der Waals surface area contributed by atoms with Crippen molar-refractivity contribution in [3.8, 4) is 0 Å². The van der Waals surface area contributed by atoms with Gasteiger partial charge in [0.1, 0.15) is 0 Å². The molecule has 0 aliphatic carbocycles. The molecule has 0 bridgehead atoms. The van der Waals surface area contributed by atoms with Crippen LogP contribution in [0, 0.1) is 0 Å². The molecular formula is C5H15O5P. The van der Waals surface area contributed by atoms with E-state index < -0.39 is 14.0 Å². The fraction of sp³-hybridized carbons (Fsp3) is 1.00. The van der Waals surface area contributed by atoms with Gasteiger partial charge in [-0.15, -0.1) is 0 Å². The molecule has 0 saturated carbocycles. The molecule has 11 heavy (non-hydrogen) atoms. The zero-order chi connectivity index (χ0) is 8.91. The van der Waals surface area contributed by atoms with Crippen LogP contribution >= 0.6 is 7.94 Å². The van der Waals surface area contributed by atoms with Gasteiger partial charge in [-0.1, -0.05) is 0 Å². The van der Waals surface area contributed by atoms with Crippen molar-refractivity contribution >= 4 is 7.94 Å². The number of hydrogen-bond acceptors (Lipinski definition) is 5. The molecule has 0 unspecified atom stereocenters. The molecule has 70 valence electrons. The van der Waals surface area contributed by atoms with Crippen LogP contribution in [0.3, 0.4) is 0 Å². The van der Waals surface area contributed by atoms with Crippen molar-refractivity contribution in [3.63, 3.8) is 0 Å². The van der Waals surface area contributed by atoms with Crippen LogP contribution in [0.2, 0.25) is 0 Å². The fourth-order valence-electron chi connectivity index (χ4n) is 0.574. The molecular weight excluding hydrogens is 171 g/mol.